The summed E-state index contributed by atoms with van der Waals surface area (Å²) in [5.41, 5.74) is 0. The van der Waals surface area contributed by atoms with E-state index in [2.05, 4.69) is 22.9 Å². The summed E-state index contributed by atoms with van der Waals surface area (Å²) in [7, 11) is 0. The van der Waals surface area contributed by atoms with Crippen molar-refractivity contribution in [3.8, 4) is 5.75 Å². The molecule has 15 heavy (non-hydrogen) atoms. The molecule has 84 valence electrons. The van der Waals surface area contributed by atoms with E-state index in [9.17, 15) is 0 Å². The van der Waals surface area contributed by atoms with Crippen molar-refractivity contribution in [2.24, 2.45) is 0 Å². The first-order valence-electron chi connectivity index (χ1n) is 5.32. The topological polar surface area (TPSA) is 9.23 Å². The number of halogens is 2. The summed E-state index contributed by atoms with van der Waals surface area (Å²) in [6.07, 6.45) is 4.89. The van der Waals surface area contributed by atoms with Gasteiger partial charge in [0.2, 0.25) is 0 Å². The Morgan fingerprint density at radius 1 is 1.27 bits per heavy atom. The van der Waals surface area contributed by atoms with E-state index in [4.69, 9.17) is 16.3 Å². The van der Waals surface area contributed by atoms with Gasteiger partial charge in [-0.15, -0.1) is 0 Å². The highest BCUT2D eigenvalue weighted by atomic mass is 79.9. The predicted octanol–water partition coefficient (Wildman–Crippen LogP) is 5.06. The minimum atomic E-state index is 0.722. The van der Waals surface area contributed by atoms with E-state index in [1.54, 1.807) is 0 Å². The monoisotopic (exact) mass is 290 g/mol. The van der Waals surface area contributed by atoms with Gasteiger partial charge in [0.15, 0.2) is 0 Å². The van der Waals surface area contributed by atoms with E-state index in [1.165, 1.54) is 19.3 Å². The fraction of sp³-hybridized carbons (Fsp3) is 0.500. The van der Waals surface area contributed by atoms with Crippen LogP contribution < -0.4 is 4.74 Å². The average molecular weight is 292 g/mol. The molecule has 0 saturated carbocycles. The molecule has 0 heterocycles. The Hall–Kier alpha value is -0.210. The standard InChI is InChI=1S/C12H16BrClO/c1-2-3-4-5-8-15-12-7-6-10(14)9-11(12)13/h6-7,9H,2-5,8H2,1H3. The first kappa shape index (κ1) is 12.9. The van der Waals surface area contributed by atoms with Crippen LogP contribution in [0, 0.1) is 0 Å². The zero-order chi connectivity index (χ0) is 11.1. The lowest BCUT2D eigenvalue weighted by Crippen LogP contribution is -1.97. The van der Waals surface area contributed by atoms with E-state index < -0.39 is 0 Å². The molecule has 0 aliphatic carbocycles. The number of benzene rings is 1. The Bertz CT molecular complexity index is 302. The van der Waals surface area contributed by atoms with Crippen LogP contribution in [0.25, 0.3) is 0 Å². The molecule has 0 unspecified atom stereocenters. The highest BCUT2D eigenvalue weighted by molar-refractivity contribution is 9.10. The maximum Gasteiger partial charge on any atom is 0.133 e. The molecule has 0 amide bonds. The van der Waals surface area contributed by atoms with Crippen molar-refractivity contribution in [1.82, 2.24) is 0 Å². The summed E-state index contributed by atoms with van der Waals surface area (Å²) in [5, 5.41) is 0.722. The van der Waals surface area contributed by atoms with Crippen LogP contribution in [0.15, 0.2) is 22.7 Å². The van der Waals surface area contributed by atoms with Crippen molar-refractivity contribution >= 4 is 27.5 Å². The number of hydrogen-bond acceptors (Lipinski definition) is 1. The van der Waals surface area contributed by atoms with Crippen LogP contribution in [-0.4, -0.2) is 6.61 Å². The van der Waals surface area contributed by atoms with Crippen molar-refractivity contribution in [2.75, 3.05) is 6.61 Å². The third-order valence-electron chi connectivity index (χ3n) is 2.15. The number of unbranched alkanes of at least 4 members (excludes halogenated alkanes) is 3. The number of hydrogen-bond donors (Lipinski definition) is 0. The SMILES string of the molecule is CCCCCCOc1ccc(Cl)cc1Br. The highest BCUT2D eigenvalue weighted by Crippen LogP contribution is 2.28. The van der Waals surface area contributed by atoms with E-state index in [0.717, 1.165) is 28.3 Å². The van der Waals surface area contributed by atoms with Gasteiger partial charge in [-0.2, -0.15) is 0 Å². The van der Waals surface area contributed by atoms with Gasteiger partial charge in [0.25, 0.3) is 0 Å². The van der Waals surface area contributed by atoms with Crippen molar-refractivity contribution in [2.45, 2.75) is 32.6 Å². The average Bonchev–Trinajstić information content (AvgIpc) is 2.20. The zero-order valence-corrected chi connectivity index (χ0v) is 11.3. The maximum absolute atomic E-state index is 5.83. The van der Waals surface area contributed by atoms with E-state index in [0.29, 0.717) is 0 Å². The van der Waals surface area contributed by atoms with Gasteiger partial charge in [-0.1, -0.05) is 37.8 Å². The van der Waals surface area contributed by atoms with Gasteiger partial charge in [-0.3, -0.25) is 0 Å². The van der Waals surface area contributed by atoms with Crippen LogP contribution in [0.1, 0.15) is 32.6 Å². The lowest BCUT2D eigenvalue weighted by Gasteiger charge is -2.07. The molecule has 1 nitrogen and oxygen atoms in total. The Kier molecular flexibility index (Phi) is 6.11. The third kappa shape index (κ3) is 4.89. The molecule has 1 aromatic carbocycles. The van der Waals surface area contributed by atoms with Crippen molar-refractivity contribution in [3.63, 3.8) is 0 Å². The maximum atomic E-state index is 5.83. The number of rotatable bonds is 6. The van der Waals surface area contributed by atoms with Gasteiger partial charge in [0, 0.05) is 5.02 Å². The molecule has 1 aromatic rings. The summed E-state index contributed by atoms with van der Waals surface area (Å²) in [4.78, 5) is 0. The molecule has 0 N–H and O–H groups in total. The third-order valence-corrected chi connectivity index (χ3v) is 3.00. The minimum absolute atomic E-state index is 0.722. The van der Waals surface area contributed by atoms with Crippen LogP contribution in [-0.2, 0) is 0 Å². The summed E-state index contributed by atoms with van der Waals surface area (Å²) >= 11 is 9.25. The second-order valence-electron chi connectivity index (χ2n) is 3.48. The first-order valence-corrected chi connectivity index (χ1v) is 6.49. The highest BCUT2D eigenvalue weighted by Gasteiger charge is 2.01. The van der Waals surface area contributed by atoms with Crippen LogP contribution in [0.4, 0.5) is 0 Å². The van der Waals surface area contributed by atoms with Crippen molar-refractivity contribution < 1.29 is 4.74 Å². The fourth-order valence-electron chi connectivity index (χ4n) is 1.30. The van der Waals surface area contributed by atoms with Crippen molar-refractivity contribution in [3.05, 3.63) is 27.7 Å². The number of ether oxygens (including phenoxy) is 1. The fourth-order valence-corrected chi connectivity index (χ4v) is 2.10. The molecular weight excluding hydrogens is 275 g/mol. The minimum Gasteiger partial charge on any atom is -0.492 e. The van der Waals surface area contributed by atoms with E-state index >= 15 is 0 Å². The lowest BCUT2D eigenvalue weighted by molar-refractivity contribution is 0.303. The quantitative estimate of drug-likeness (QED) is 0.666. The Morgan fingerprint density at radius 2 is 2.07 bits per heavy atom. The predicted molar refractivity (Wildman–Crippen MR) is 68.8 cm³/mol. The van der Waals surface area contributed by atoms with Gasteiger partial charge in [0.1, 0.15) is 5.75 Å². The molecule has 0 radical (unpaired) electrons. The zero-order valence-electron chi connectivity index (χ0n) is 8.93. The second kappa shape index (κ2) is 7.13. The molecule has 0 aliphatic rings. The molecule has 0 saturated heterocycles. The van der Waals surface area contributed by atoms with Crippen LogP contribution in [0.2, 0.25) is 5.02 Å². The summed E-state index contributed by atoms with van der Waals surface area (Å²) < 4.78 is 6.55. The largest absolute Gasteiger partial charge is 0.492 e. The van der Waals surface area contributed by atoms with Gasteiger partial charge in [0.05, 0.1) is 11.1 Å². The van der Waals surface area contributed by atoms with Gasteiger partial charge >= 0.3 is 0 Å². The van der Waals surface area contributed by atoms with Gasteiger partial charge < -0.3 is 4.74 Å². The van der Waals surface area contributed by atoms with Crippen LogP contribution in [0.5, 0.6) is 5.75 Å². The lowest BCUT2D eigenvalue weighted by atomic mass is 10.2. The van der Waals surface area contributed by atoms with Gasteiger partial charge in [-0.05, 0) is 40.5 Å². The van der Waals surface area contributed by atoms with Crippen LogP contribution >= 0.6 is 27.5 Å². The summed E-state index contributed by atoms with van der Waals surface area (Å²) in [6.45, 7) is 2.98. The smallest absolute Gasteiger partial charge is 0.133 e. The molecule has 0 fully saturated rings. The molecule has 3 heteroatoms. The van der Waals surface area contributed by atoms with Crippen LogP contribution in [0.3, 0.4) is 0 Å². The Morgan fingerprint density at radius 3 is 2.73 bits per heavy atom. The molecule has 1 rings (SSSR count). The molecule has 0 bridgehead atoms. The molecule has 0 aliphatic heterocycles. The van der Waals surface area contributed by atoms with Crippen molar-refractivity contribution in [1.29, 1.82) is 0 Å². The first-order chi connectivity index (χ1) is 7.24. The molecular formula is C12H16BrClO. The van der Waals surface area contributed by atoms with E-state index in [1.807, 2.05) is 18.2 Å². The van der Waals surface area contributed by atoms with Gasteiger partial charge in [-0.25, -0.2) is 0 Å². The second-order valence-corrected chi connectivity index (χ2v) is 4.77. The normalized spacial score (nSPS) is 10.3. The molecule has 0 atom stereocenters. The molecule has 0 spiro atoms. The Labute approximate surface area is 105 Å². The summed E-state index contributed by atoms with van der Waals surface area (Å²) in [6, 6.07) is 5.59. The Balaban J connectivity index is 2.31. The summed E-state index contributed by atoms with van der Waals surface area (Å²) in [5.74, 6) is 0.871. The van der Waals surface area contributed by atoms with E-state index in [-0.39, 0.29) is 0 Å². The molecule has 0 aromatic heterocycles.